The number of hydroxylamine groups is 2. The Morgan fingerprint density at radius 3 is 2.68 bits per heavy atom. The molecule has 1 spiro atoms. The summed E-state index contributed by atoms with van der Waals surface area (Å²) in [6.07, 6.45) is -0.485. The van der Waals surface area contributed by atoms with E-state index in [-0.39, 0.29) is 46.8 Å². The number of piperidine rings is 1. The Hall–Kier alpha value is -2.10. The van der Waals surface area contributed by atoms with Crippen LogP contribution in [0.25, 0.3) is 5.57 Å². The summed E-state index contributed by atoms with van der Waals surface area (Å²) in [5.41, 5.74) is -1.72. The van der Waals surface area contributed by atoms with Crippen LogP contribution in [0.1, 0.15) is 25.3 Å². The van der Waals surface area contributed by atoms with Crippen molar-refractivity contribution in [2.45, 2.75) is 25.4 Å². The summed E-state index contributed by atoms with van der Waals surface area (Å²) in [6, 6.07) is 2.36. The van der Waals surface area contributed by atoms with Gasteiger partial charge in [0.1, 0.15) is 19.2 Å². The first-order valence-electron chi connectivity index (χ1n) is 8.68. The van der Waals surface area contributed by atoms with E-state index >= 15 is 0 Å². The zero-order valence-electron chi connectivity index (χ0n) is 15.4. The van der Waals surface area contributed by atoms with Gasteiger partial charge in [-0.2, -0.15) is 5.06 Å². The molecule has 0 bridgehead atoms. The van der Waals surface area contributed by atoms with Gasteiger partial charge < -0.3 is 19.0 Å². The van der Waals surface area contributed by atoms with Crippen LogP contribution in [0.15, 0.2) is 17.9 Å². The number of ether oxygens (including phenoxy) is 3. The lowest BCUT2D eigenvalue weighted by atomic mass is 9.86. The second-order valence-corrected chi connectivity index (χ2v) is 6.69. The predicted molar refractivity (Wildman–Crippen MR) is 98.5 cm³/mol. The molecule has 10 heteroatoms. The number of rotatable bonds is 4. The number of hydrogen-bond acceptors (Lipinski definition) is 7. The van der Waals surface area contributed by atoms with Crippen LogP contribution < -0.4 is 5.46 Å². The van der Waals surface area contributed by atoms with Gasteiger partial charge >= 0.3 is 12.1 Å². The summed E-state index contributed by atoms with van der Waals surface area (Å²) >= 11 is 6.17. The fourth-order valence-electron chi connectivity index (χ4n) is 3.34. The first kappa shape index (κ1) is 20.6. The van der Waals surface area contributed by atoms with Crippen LogP contribution in [0.2, 0.25) is 5.02 Å². The molecular weight excluding hydrogens is 391 g/mol. The van der Waals surface area contributed by atoms with Crippen molar-refractivity contribution in [1.29, 1.82) is 0 Å². The van der Waals surface area contributed by atoms with E-state index in [1.165, 1.54) is 13.2 Å². The quantitative estimate of drug-likeness (QED) is 0.557. The third kappa shape index (κ3) is 3.61. The molecule has 0 saturated carbocycles. The van der Waals surface area contributed by atoms with E-state index < -0.39 is 23.5 Å². The Kier molecular flexibility index (Phi) is 5.97. The van der Waals surface area contributed by atoms with Crippen molar-refractivity contribution in [3.05, 3.63) is 34.3 Å². The van der Waals surface area contributed by atoms with Crippen LogP contribution in [0, 0.1) is 5.82 Å². The second kappa shape index (κ2) is 8.10. The maximum atomic E-state index is 14.6. The van der Waals surface area contributed by atoms with E-state index in [2.05, 4.69) is 0 Å². The number of esters is 1. The maximum absolute atomic E-state index is 14.6. The summed E-state index contributed by atoms with van der Waals surface area (Å²) < 4.78 is 30.4. The van der Waals surface area contributed by atoms with E-state index in [1.807, 2.05) is 0 Å². The summed E-state index contributed by atoms with van der Waals surface area (Å²) in [5, 5.41) is 1.51. The zero-order chi connectivity index (χ0) is 20.5. The maximum Gasteiger partial charge on any atom is 0.513 e. The van der Waals surface area contributed by atoms with E-state index in [1.54, 1.807) is 12.0 Å². The average molecular weight is 410 g/mol. The number of nitrogens with zero attached hydrogens (tertiary/aromatic N) is 1. The molecule has 28 heavy (non-hydrogen) atoms. The molecule has 0 aromatic heterocycles. The molecule has 1 aromatic rings. The van der Waals surface area contributed by atoms with E-state index in [0.29, 0.717) is 13.1 Å². The van der Waals surface area contributed by atoms with Crippen LogP contribution in [0.4, 0.5) is 9.18 Å². The lowest BCUT2D eigenvalue weighted by molar-refractivity contribution is -0.183. The molecule has 2 radical (unpaired) electrons. The fourth-order valence-corrected chi connectivity index (χ4v) is 3.59. The molecule has 148 valence electrons. The van der Waals surface area contributed by atoms with Crippen molar-refractivity contribution in [2.75, 3.05) is 26.8 Å². The zero-order valence-corrected chi connectivity index (χ0v) is 16.2. The molecule has 0 amide bonds. The Balaban J connectivity index is 2.14. The standard InChI is InChI=1S/C18H18BClFNO6/c1-3-26-17(24)27-15-13(12-11(21)5-4-10(19)14(12)20)16(23)28-18(15)6-8-22(25-2)9-7-18/h4-5H,3,6-9H2,1-2H3. The topological polar surface area (TPSA) is 74.3 Å². The molecule has 1 fully saturated rings. The monoisotopic (exact) mass is 409 g/mol. The molecule has 7 nitrogen and oxygen atoms in total. The summed E-state index contributed by atoms with van der Waals surface area (Å²) in [7, 11) is 7.30. The molecule has 2 aliphatic heterocycles. The van der Waals surface area contributed by atoms with Gasteiger partial charge in [0.15, 0.2) is 11.4 Å². The van der Waals surface area contributed by atoms with E-state index in [9.17, 15) is 14.0 Å². The molecule has 2 heterocycles. The van der Waals surface area contributed by atoms with Crippen molar-refractivity contribution in [2.24, 2.45) is 0 Å². The summed E-state index contributed by atoms with van der Waals surface area (Å²) in [4.78, 5) is 30.0. The first-order chi connectivity index (χ1) is 13.3. The van der Waals surface area contributed by atoms with Crippen LogP contribution in [-0.4, -0.2) is 57.4 Å². The van der Waals surface area contributed by atoms with Gasteiger partial charge in [0.25, 0.3) is 0 Å². The summed E-state index contributed by atoms with van der Waals surface area (Å²) in [6.45, 7) is 2.47. The van der Waals surface area contributed by atoms with Gasteiger partial charge in [0, 0.05) is 36.5 Å². The lowest BCUT2D eigenvalue weighted by Gasteiger charge is -2.37. The third-order valence-corrected chi connectivity index (χ3v) is 5.15. The van der Waals surface area contributed by atoms with Crippen molar-refractivity contribution in [3.8, 4) is 0 Å². The number of halogens is 2. The van der Waals surface area contributed by atoms with Crippen molar-refractivity contribution < 1.29 is 33.0 Å². The van der Waals surface area contributed by atoms with Gasteiger partial charge in [-0.25, -0.2) is 14.0 Å². The fraction of sp³-hybridized carbons (Fsp3) is 0.444. The summed E-state index contributed by atoms with van der Waals surface area (Å²) in [5.74, 6) is -1.77. The molecule has 0 unspecified atom stereocenters. The van der Waals surface area contributed by atoms with Gasteiger partial charge in [-0.05, 0) is 13.0 Å². The molecule has 0 N–H and O–H groups in total. The third-order valence-electron chi connectivity index (χ3n) is 4.74. The number of hydrogen-bond donors (Lipinski definition) is 0. The molecule has 0 atom stereocenters. The number of carbonyl (C=O) groups is 2. The largest absolute Gasteiger partial charge is 0.513 e. The molecule has 0 aliphatic carbocycles. The molecule has 3 rings (SSSR count). The molecule has 1 aromatic carbocycles. The average Bonchev–Trinajstić information content (AvgIpc) is 2.91. The van der Waals surface area contributed by atoms with Crippen molar-refractivity contribution in [1.82, 2.24) is 5.06 Å². The Labute approximate surface area is 167 Å². The van der Waals surface area contributed by atoms with Gasteiger partial charge in [-0.15, -0.1) is 0 Å². The van der Waals surface area contributed by atoms with Crippen LogP contribution in [0.5, 0.6) is 0 Å². The Morgan fingerprint density at radius 1 is 1.39 bits per heavy atom. The van der Waals surface area contributed by atoms with Crippen LogP contribution >= 0.6 is 11.6 Å². The lowest BCUT2D eigenvalue weighted by Crippen LogP contribution is -2.46. The van der Waals surface area contributed by atoms with Crippen molar-refractivity contribution >= 4 is 42.6 Å². The SMILES string of the molecule is [B]c1ccc(F)c(C2=C(OC(=O)OCC)C3(CCN(OC)CC3)OC2=O)c1Cl. The normalized spacial score (nSPS) is 19.1. The Bertz CT molecular complexity index is 838. The van der Waals surface area contributed by atoms with Crippen molar-refractivity contribution in [3.63, 3.8) is 0 Å². The van der Waals surface area contributed by atoms with Gasteiger partial charge in [-0.1, -0.05) is 23.1 Å². The minimum atomic E-state index is -1.26. The van der Waals surface area contributed by atoms with Gasteiger partial charge in [0.2, 0.25) is 0 Å². The van der Waals surface area contributed by atoms with Gasteiger partial charge in [0.05, 0.1) is 13.7 Å². The first-order valence-corrected chi connectivity index (χ1v) is 9.06. The second-order valence-electron chi connectivity index (χ2n) is 6.31. The highest BCUT2D eigenvalue weighted by Crippen LogP contribution is 2.46. The minimum Gasteiger partial charge on any atom is -0.447 e. The smallest absolute Gasteiger partial charge is 0.447 e. The molecule has 1 saturated heterocycles. The number of carbonyl (C=O) groups excluding carboxylic acids is 2. The highest BCUT2D eigenvalue weighted by Gasteiger charge is 2.53. The minimum absolute atomic E-state index is 0.0636. The van der Waals surface area contributed by atoms with Crippen LogP contribution in [0.3, 0.4) is 0 Å². The molecular formula is C18H18BClFNO6. The van der Waals surface area contributed by atoms with E-state index in [4.69, 9.17) is 38.5 Å². The highest BCUT2D eigenvalue weighted by molar-refractivity contribution is 6.47. The number of benzene rings is 1. The predicted octanol–water partition coefficient (Wildman–Crippen LogP) is 2.11. The highest BCUT2D eigenvalue weighted by atomic mass is 35.5. The van der Waals surface area contributed by atoms with Crippen LogP contribution in [-0.2, 0) is 23.8 Å². The van der Waals surface area contributed by atoms with Gasteiger partial charge in [-0.3, -0.25) is 0 Å². The molecule has 2 aliphatic rings. The Morgan fingerprint density at radius 2 is 2.07 bits per heavy atom. The van der Waals surface area contributed by atoms with E-state index in [0.717, 1.165) is 6.07 Å².